The number of hydrogen-bond acceptors (Lipinski definition) is 3. The van der Waals surface area contributed by atoms with Crippen LogP contribution in [0.3, 0.4) is 0 Å². The lowest BCUT2D eigenvalue weighted by atomic mass is 10.1. The van der Waals surface area contributed by atoms with E-state index in [0.29, 0.717) is 6.61 Å². The summed E-state index contributed by atoms with van der Waals surface area (Å²) in [6, 6.07) is 10.0. The van der Waals surface area contributed by atoms with E-state index in [4.69, 9.17) is 14.6 Å². The maximum absolute atomic E-state index is 8.75. The molecule has 1 aliphatic rings. The van der Waals surface area contributed by atoms with Crippen molar-refractivity contribution in [2.24, 2.45) is 0 Å². The van der Waals surface area contributed by atoms with Crippen LogP contribution in [0.15, 0.2) is 30.3 Å². The molecule has 1 saturated heterocycles. The van der Waals surface area contributed by atoms with Gasteiger partial charge in [-0.1, -0.05) is 30.3 Å². The molecular formula is C14H20O3. The van der Waals surface area contributed by atoms with Gasteiger partial charge in [0, 0.05) is 12.2 Å². The molecular weight excluding hydrogens is 216 g/mol. The van der Waals surface area contributed by atoms with Gasteiger partial charge in [0.25, 0.3) is 0 Å². The van der Waals surface area contributed by atoms with Gasteiger partial charge in [-0.3, -0.25) is 0 Å². The molecule has 1 N–H and O–H groups in total. The van der Waals surface area contributed by atoms with Gasteiger partial charge in [-0.25, -0.2) is 0 Å². The van der Waals surface area contributed by atoms with Crippen LogP contribution in [0.4, 0.5) is 0 Å². The summed E-state index contributed by atoms with van der Waals surface area (Å²) in [6.45, 7) is 2.86. The van der Waals surface area contributed by atoms with Crippen LogP contribution < -0.4 is 0 Å². The van der Waals surface area contributed by atoms with Crippen LogP contribution in [0, 0.1) is 0 Å². The van der Waals surface area contributed by atoms with Crippen molar-refractivity contribution in [3.63, 3.8) is 0 Å². The van der Waals surface area contributed by atoms with Gasteiger partial charge in [0.15, 0.2) is 5.79 Å². The van der Waals surface area contributed by atoms with E-state index in [2.05, 4.69) is 0 Å². The first-order valence-corrected chi connectivity index (χ1v) is 6.23. The van der Waals surface area contributed by atoms with Crippen LogP contribution in [-0.4, -0.2) is 24.4 Å². The highest BCUT2D eigenvalue weighted by atomic mass is 16.7. The standard InChI is InChI=1S/C14H20O3/c1-14(12-7-3-2-4-8-12)16-11-13(17-14)9-5-6-10-15/h2-4,7-8,13,15H,5-6,9-11H2,1H3/t13-,14-/m0/s1. The van der Waals surface area contributed by atoms with E-state index in [1.54, 1.807) is 0 Å². The van der Waals surface area contributed by atoms with E-state index in [9.17, 15) is 0 Å². The van der Waals surface area contributed by atoms with Gasteiger partial charge in [0.1, 0.15) is 0 Å². The first-order chi connectivity index (χ1) is 8.24. The highest BCUT2D eigenvalue weighted by Crippen LogP contribution is 2.34. The number of rotatable bonds is 5. The maximum Gasteiger partial charge on any atom is 0.192 e. The Morgan fingerprint density at radius 2 is 2.06 bits per heavy atom. The van der Waals surface area contributed by atoms with E-state index in [-0.39, 0.29) is 12.7 Å². The zero-order valence-electron chi connectivity index (χ0n) is 10.3. The van der Waals surface area contributed by atoms with Crippen molar-refractivity contribution in [2.75, 3.05) is 13.2 Å². The summed E-state index contributed by atoms with van der Waals surface area (Å²) in [4.78, 5) is 0. The lowest BCUT2D eigenvalue weighted by Crippen LogP contribution is -2.23. The molecule has 1 aromatic rings. The van der Waals surface area contributed by atoms with Gasteiger partial charge in [-0.2, -0.15) is 0 Å². The van der Waals surface area contributed by atoms with Crippen molar-refractivity contribution in [1.82, 2.24) is 0 Å². The summed E-state index contributed by atoms with van der Waals surface area (Å²) in [6.07, 6.45) is 2.91. The monoisotopic (exact) mass is 236 g/mol. The Kier molecular flexibility index (Phi) is 4.15. The number of unbranched alkanes of at least 4 members (excludes halogenated alkanes) is 1. The number of hydrogen-bond donors (Lipinski definition) is 1. The smallest absolute Gasteiger partial charge is 0.192 e. The fourth-order valence-corrected chi connectivity index (χ4v) is 2.16. The van der Waals surface area contributed by atoms with Crippen LogP contribution in [0.25, 0.3) is 0 Å². The van der Waals surface area contributed by atoms with Crippen molar-refractivity contribution in [3.05, 3.63) is 35.9 Å². The number of benzene rings is 1. The Labute approximate surface area is 102 Å². The van der Waals surface area contributed by atoms with Crippen molar-refractivity contribution in [3.8, 4) is 0 Å². The van der Waals surface area contributed by atoms with Crippen molar-refractivity contribution in [2.45, 2.75) is 38.1 Å². The van der Waals surface area contributed by atoms with Crippen LogP contribution in [0.5, 0.6) is 0 Å². The third-order valence-corrected chi connectivity index (χ3v) is 3.17. The van der Waals surface area contributed by atoms with E-state index in [0.717, 1.165) is 24.8 Å². The number of ether oxygens (including phenoxy) is 2. The summed E-state index contributed by atoms with van der Waals surface area (Å²) in [5.41, 5.74) is 1.06. The Balaban J connectivity index is 1.92. The fraction of sp³-hybridized carbons (Fsp3) is 0.571. The molecule has 94 valence electrons. The van der Waals surface area contributed by atoms with Gasteiger partial charge in [0.05, 0.1) is 12.7 Å². The molecule has 0 bridgehead atoms. The Hall–Kier alpha value is -0.900. The quantitative estimate of drug-likeness (QED) is 0.798. The second-order valence-corrected chi connectivity index (χ2v) is 4.58. The van der Waals surface area contributed by atoms with Gasteiger partial charge in [-0.05, 0) is 26.2 Å². The summed E-state index contributed by atoms with van der Waals surface area (Å²) >= 11 is 0. The van der Waals surface area contributed by atoms with Crippen molar-refractivity contribution < 1.29 is 14.6 Å². The molecule has 2 rings (SSSR count). The molecule has 17 heavy (non-hydrogen) atoms. The third-order valence-electron chi connectivity index (χ3n) is 3.17. The topological polar surface area (TPSA) is 38.7 Å². The zero-order valence-corrected chi connectivity index (χ0v) is 10.3. The minimum absolute atomic E-state index is 0.145. The second kappa shape index (κ2) is 5.63. The highest BCUT2D eigenvalue weighted by Gasteiger charge is 2.38. The van der Waals surface area contributed by atoms with Crippen LogP contribution in [0.2, 0.25) is 0 Å². The Morgan fingerprint density at radius 3 is 2.76 bits per heavy atom. The van der Waals surface area contributed by atoms with Gasteiger partial charge >= 0.3 is 0 Å². The van der Waals surface area contributed by atoms with Crippen LogP contribution in [-0.2, 0) is 15.3 Å². The summed E-state index contributed by atoms with van der Waals surface area (Å²) in [5, 5.41) is 8.75. The molecule has 1 aromatic carbocycles. The minimum atomic E-state index is -0.606. The van der Waals surface area contributed by atoms with E-state index in [1.165, 1.54) is 0 Å². The average Bonchev–Trinajstić information content (AvgIpc) is 2.74. The molecule has 0 amide bonds. The molecule has 0 saturated carbocycles. The number of aliphatic hydroxyl groups excluding tert-OH is 1. The van der Waals surface area contributed by atoms with Gasteiger partial charge in [0.2, 0.25) is 0 Å². The third kappa shape index (κ3) is 3.06. The maximum atomic E-state index is 8.75. The molecule has 1 fully saturated rings. The van der Waals surface area contributed by atoms with Crippen LogP contribution in [0.1, 0.15) is 31.7 Å². The molecule has 0 aliphatic carbocycles. The predicted molar refractivity (Wildman–Crippen MR) is 65.6 cm³/mol. The Bertz CT molecular complexity index is 339. The SMILES string of the molecule is C[C@]1(c2ccccc2)OC[C@H](CCCCO)O1. The van der Waals surface area contributed by atoms with Crippen LogP contribution >= 0.6 is 0 Å². The average molecular weight is 236 g/mol. The van der Waals surface area contributed by atoms with Gasteiger partial charge in [-0.15, -0.1) is 0 Å². The normalized spacial score (nSPS) is 28.5. The second-order valence-electron chi connectivity index (χ2n) is 4.58. The molecule has 1 heterocycles. The first-order valence-electron chi connectivity index (χ1n) is 6.23. The van der Waals surface area contributed by atoms with Crippen molar-refractivity contribution >= 4 is 0 Å². The lowest BCUT2D eigenvalue weighted by Gasteiger charge is -2.23. The number of aliphatic hydroxyl groups is 1. The first kappa shape index (κ1) is 12.6. The molecule has 0 radical (unpaired) electrons. The largest absolute Gasteiger partial charge is 0.396 e. The predicted octanol–water partition coefficient (Wildman–Crippen LogP) is 2.44. The van der Waals surface area contributed by atoms with Crippen molar-refractivity contribution in [1.29, 1.82) is 0 Å². The fourth-order valence-electron chi connectivity index (χ4n) is 2.16. The molecule has 0 aromatic heterocycles. The Morgan fingerprint density at radius 1 is 1.29 bits per heavy atom. The molecule has 0 unspecified atom stereocenters. The van der Waals surface area contributed by atoms with E-state index >= 15 is 0 Å². The molecule has 0 spiro atoms. The summed E-state index contributed by atoms with van der Waals surface area (Å²) < 4.78 is 11.8. The highest BCUT2D eigenvalue weighted by molar-refractivity contribution is 5.20. The van der Waals surface area contributed by atoms with Gasteiger partial charge < -0.3 is 14.6 Å². The molecule has 2 atom stereocenters. The molecule has 1 aliphatic heterocycles. The molecule has 3 heteroatoms. The summed E-state index contributed by atoms with van der Waals surface area (Å²) in [7, 11) is 0. The summed E-state index contributed by atoms with van der Waals surface area (Å²) in [5.74, 6) is -0.606. The molecule has 3 nitrogen and oxygen atoms in total. The van der Waals surface area contributed by atoms with E-state index < -0.39 is 5.79 Å². The zero-order chi connectivity index (χ0) is 12.1. The minimum Gasteiger partial charge on any atom is -0.396 e. The lowest BCUT2D eigenvalue weighted by molar-refractivity contribution is -0.162. The van der Waals surface area contributed by atoms with E-state index in [1.807, 2.05) is 37.3 Å².